The topological polar surface area (TPSA) is 130 Å². The van der Waals surface area contributed by atoms with Gasteiger partial charge in [0, 0.05) is 11.8 Å². The van der Waals surface area contributed by atoms with Crippen molar-refractivity contribution in [3.63, 3.8) is 0 Å². The molecule has 1 aliphatic rings. The molecule has 3 atom stereocenters. The normalized spacial score (nSPS) is 17.8. The third-order valence-electron chi connectivity index (χ3n) is 6.24. The van der Waals surface area contributed by atoms with Crippen molar-refractivity contribution in [2.24, 2.45) is 4.99 Å². The van der Waals surface area contributed by atoms with Crippen molar-refractivity contribution in [1.82, 2.24) is 9.47 Å². The monoisotopic (exact) mass is 504 g/mol. The number of benzene rings is 1. The van der Waals surface area contributed by atoms with Crippen molar-refractivity contribution in [3.8, 4) is 0 Å². The summed E-state index contributed by atoms with van der Waals surface area (Å²) >= 11 is 0. The van der Waals surface area contributed by atoms with E-state index in [1.165, 1.54) is 19.2 Å². The molecular formula is C24H28F2N5O5+. The Hall–Kier alpha value is -3.93. The molecular weight excluding hydrogens is 476 g/mol. The van der Waals surface area contributed by atoms with Crippen LogP contribution in [0, 0.1) is 6.92 Å². The number of para-hydroxylation sites is 1. The first-order valence-electron chi connectivity index (χ1n) is 11.1. The number of aromatic nitrogens is 1. The summed E-state index contributed by atoms with van der Waals surface area (Å²) in [5.74, 6) is -6.16. The number of alkyl halides is 2. The molecule has 1 aromatic carbocycles. The fraction of sp³-hybridized carbons (Fsp3) is 0.375. The summed E-state index contributed by atoms with van der Waals surface area (Å²) in [6.07, 6.45) is -0.726. The van der Waals surface area contributed by atoms with Crippen molar-refractivity contribution in [2.75, 3.05) is 24.2 Å². The predicted molar refractivity (Wildman–Crippen MR) is 130 cm³/mol. The van der Waals surface area contributed by atoms with Crippen LogP contribution in [0.5, 0.6) is 0 Å². The Balaban J connectivity index is 1.71. The summed E-state index contributed by atoms with van der Waals surface area (Å²) in [5.41, 5.74) is 1.99. The highest BCUT2D eigenvalue weighted by Gasteiger charge is 2.47. The molecule has 36 heavy (non-hydrogen) atoms. The van der Waals surface area contributed by atoms with Crippen molar-refractivity contribution < 1.29 is 33.0 Å². The van der Waals surface area contributed by atoms with Crippen LogP contribution in [-0.4, -0.2) is 65.6 Å². The average Bonchev–Trinajstić information content (AvgIpc) is 3.27. The lowest BCUT2D eigenvalue weighted by Gasteiger charge is -2.35. The van der Waals surface area contributed by atoms with Crippen LogP contribution in [0.4, 0.5) is 30.8 Å². The number of carboxylic acids is 1. The van der Waals surface area contributed by atoms with E-state index in [-0.39, 0.29) is 28.7 Å². The van der Waals surface area contributed by atoms with E-state index in [1.807, 2.05) is 19.1 Å². The predicted octanol–water partition coefficient (Wildman–Crippen LogP) is 3.81. The average molecular weight is 505 g/mol. The number of ether oxygens (including phenoxy) is 1. The van der Waals surface area contributed by atoms with Crippen LogP contribution in [0.15, 0.2) is 47.6 Å². The molecule has 3 rings (SSSR count). The highest BCUT2D eigenvalue weighted by atomic mass is 19.3. The number of likely N-dealkylation sites (N-methyl/N-ethyl adjacent to an activating group) is 1. The Morgan fingerprint density at radius 1 is 1.22 bits per heavy atom. The maximum Gasteiger partial charge on any atom is 0.374 e. The number of carbonyl (C=O) groups is 3. The molecule has 192 valence electrons. The number of urea groups is 1. The lowest BCUT2D eigenvalue weighted by Crippen LogP contribution is -2.59. The summed E-state index contributed by atoms with van der Waals surface area (Å²) in [6, 6.07) is 9.24. The third-order valence-corrected chi connectivity index (χ3v) is 6.24. The Bertz CT molecular complexity index is 1190. The van der Waals surface area contributed by atoms with Crippen LogP contribution in [0.25, 0.3) is 0 Å². The zero-order valence-corrected chi connectivity index (χ0v) is 20.3. The van der Waals surface area contributed by atoms with Gasteiger partial charge in [0.2, 0.25) is 5.90 Å². The van der Waals surface area contributed by atoms with E-state index in [4.69, 9.17) is 9.84 Å². The second-order valence-corrected chi connectivity index (χ2v) is 8.70. The number of rotatable bonds is 8. The van der Waals surface area contributed by atoms with Gasteiger partial charge in [-0.15, -0.1) is 0 Å². The number of carboxylic acid groups (broad SMARTS) is 1. The van der Waals surface area contributed by atoms with Gasteiger partial charge < -0.3 is 15.2 Å². The highest BCUT2D eigenvalue weighted by Crippen LogP contribution is 2.30. The van der Waals surface area contributed by atoms with E-state index >= 15 is 0 Å². The minimum absolute atomic E-state index is 0.0682. The Morgan fingerprint density at radius 3 is 2.50 bits per heavy atom. The molecule has 0 radical (unpaired) electrons. The van der Waals surface area contributed by atoms with Gasteiger partial charge in [0.05, 0.1) is 33.1 Å². The lowest BCUT2D eigenvalue weighted by atomic mass is 10.1. The molecule has 0 bridgehead atoms. The number of quaternary nitrogens is 1. The van der Waals surface area contributed by atoms with Gasteiger partial charge >= 0.3 is 23.8 Å². The van der Waals surface area contributed by atoms with Crippen LogP contribution in [0.3, 0.4) is 0 Å². The van der Waals surface area contributed by atoms with Gasteiger partial charge in [-0.1, -0.05) is 18.2 Å². The minimum Gasteiger partial charge on any atom is -0.477 e. The molecule has 0 aliphatic carbocycles. The molecule has 0 saturated carbocycles. The molecule has 3 amide bonds. The van der Waals surface area contributed by atoms with Crippen molar-refractivity contribution >= 4 is 41.0 Å². The Morgan fingerprint density at radius 2 is 1.92 bits per heavy atom. The number of nitrogens with one attached hydrogen (secondary N) is 2. The number of hydrogen-bond acceptors (Lipinski definition) is 6. The second kappa shape index (κ2) is 10.4. The van der Waals surface area contributed by atoms with Crippen LogP contribution >= 0.6 is 0 Å². The number of amides is 3. The van der Waals surface area contributed by atoms with Crippen LogP contribution in [0.2, 0.25) is 0 Å². The number of nitrogens with zero attached hydrogens (tertiary/aromatic N) is 3. The van der Waals surface area contributed by atoms with E-state index in [2.05, 4.69) is 20.6 Å². The fourth-order valence-electron chi connectivity index (χ4n) is 3.76. The molecule has 2 heterocycles. The third kappa shape index (κ3) is 5.65. The summed E-state index contributed by atoms with van der Waals surface area (Å²) in [6.45, 7) is 4.74. The largest absolute Gasteiger partial charge is 0.477 e. The standard InChI is InChI=1S/C24H27F2N5O5/c1-14-7-5-6-8-19(14)29-23(35)30-20-10-9-17(12-27-20)31(4,16(3)32)15(2)21-28-13-18(36-21)11-24(25,26)22(33)34/h5-10,12,15,18H,11,13H2,1-4H3,(H2-,27,29,30,33,34,35)/p+1. The first-order valence-corrected chi connectivity index (χ1v) is 11.1. The minimum atomic E-state index is -3.95. The van der Waals surface area contributed by atoms with Crippen LogP contribution in [0.1, 0.15) is 25.8 Å². The van der Waals surface area contributed by atoms with E-state index in [1.54, 1.807) is 32.2 Å². The second-order valence-electron chi connectivity index (χ2n) is 8.70. The molecule has 1 aliphatic heterocycles. The zero-order chi connectivity index (χ0) is 26.7. The molecule has 1 aromatic heterocycles. The number of aryl methyl sites for hydroxylation is 1. The van der Waals surface area contributed by atoms with Crippen LogP contribution < -0.4 is 15.1 Å². The summed E-state index contributed by atoms with van der Waals surface area (Å²) in [7, 11) is 1.60. The van der Waals surface area contributed by atoms with Crippen LogP contribution in [-0.2, 0) is 14.3 Å². The number of aliphatic carboxylic acids is 1. The number of aliphatic imine (C=N–C) groups is 1. The van der Waals surface area contributed by atoms with E-state index in [9.17, 15) is 23.2 Å². The molecule has 3 unspecified atom stereocenters. The maximum atomic E-state index is 13.6. The molecule has 3 N–H and O–H groups in total. The van der Waals surface area contributed by atoms with E-state index in [0.29, 0.717) is 11.4 Å². The van der Waals surface area contributed by atoms with Gasteiger partial charge in [0.15, 0.2) is 11.7 Å². The Labute approximate surface area is 206 Å². The van der Waals surface area contributed by atoms with Crippen molar-refractivity contribution in [2.45, 2.75) is 45.3 Å². The zero-order valence-electron chi connectivity index (χ0n) is 20.3. The summed E-state index contributed by atoms with van der Waals surface area (Å²) in [4.78, 5) is 44.2. The Kier molecular flexibility index (Phi) is 7.68. The fourth-order valence-corrected chi connectivity index (χ4v) is 3.76. The van der Waals surface area contributed by atoms with Crippen molar-refractivity contribution in [3.05, 3.63) is 48.2 Å². The summed E-state index contributed by atoms with van der Waals surface area (Å²) in [5, 5.41) is 14.0. The maximum absolute atomic E-state index is 13.6. The number of pyridine rings is 1. The first kappa shape index (κ1) is 26.7. The van der Waals surface area contributed by atoms with Crippen molar-refractivity contribution in [1.29, 1.82) is 0 Å². The van der Waals surface area contributed by atoms with Gasteiger partial charge in [0.25, 0.3) is 0 Å². The number of halogens is 2. The molecule has 12 heteroatoms. The summed E-state index contributed by atoms with van der Waals surface area (Å²) < 4.78 is 32.4. The van der Waals surface area contributed by atoms with Gasteiger partial charge in [-0.25, -0.2) is 28.8 Å². The van der Waals surface area contributed by atoms with Gasteiger partial charge in [0.1, 0.15) is 11.9 Å². The number of hydrogen-bond donors (Lipinski definition) is 3. The number of anilines is 2. The quantitative estimate of drug-likeness (QED) is 0.469. The van der Waals surface area contributed by atoms with Gasteiger partial charge in [-0.2, -0.15) is 8.78 Å². The molecule has 0 saturated heterocycles. The van der Waals surface area contributed by atoms with E-state index < -0.39 is 36.5 Å². The molecule has 0 spiro atoms. The molecule has 2 aromatic rings. The first-order chi connectivity index (χ1) is 16.8. The highest BCUT2D eigenvalue weighted by molar-refractivity contribution is 6.00. The van der Waals surface area contributed by atoms with E-state index in [0.717, 1.165) is 5.56 Å². The SMILES string of the molecule is CC(=O)[N+](C)(c1ccc(NC(=O)Nc2ccccc2C)nc1)C(C)C1=NCC(CC(F)(F)C(=O)O)O1. The molecule has 10 nitrogen and oxygen atoms in total. The lowest BCUT2D eigenvalue weighted by molar-refractivity contribution is -0.168. The van der Waals surface area contributed by atoms with Gasteiger partial charge in [-0.3, -0.25) is 5.32 Å². The molecule has 0 fully saturated rings. The van der Waals surface area contributed by atoms with Gasteiger partial charge in [-0.05, 0) is 31.5 Å². The number of carbonyl (C=O) groups excluding carboxylic acids is 2. The smallest absolute Gasteiger partial charge is 0.374 e.